The molecule has 0 aliphatic heterocycles. The van der Waals surface area contributed by atoms with E-state index in [0.29, 0.717) is 18.9 Å². The number of carbonyl (C=O) groups excluding carboxylic acids is 1. The van der Waals surface area contributed by atoms with Crippen molar-refractivity contribution in [1.82, 2.24) is 5.32 Å². The Balaban J connectivity index is 0. The third-order valence-electron chi connectivity index (χ3n) is 2.53. The zero-order valence-electron chi connectivity index (χ0n) is 10.2. The maximum Gasteiger partial charge on any atom is 0.220 e. The maximum atomic E-state index is 11.3. The molecule has 0 bridgehead atoms. The lowest BCUT2D eigenvalue weighted by Crippen LogP contribution is -2.30. The van der Waals surface area contributed by atoms with Gasteiger partial charge < -0.3 is 16.2 Å². The normalized spacial score (nSPS) is 13.8. The summed E-state index contributed by atoms with van der Waals surface area (Å²) in [6.07, 6.45) is 2.95. The van der Waals surface area contributed by atoms with Crippen LogP contribution in [0.1, 0.15) is 39.5 Å². The van der Waals surface area contributed by atoms with Crippen molar-refractivity contribution < 1.29 is 9.90 Å². The second kappa shape index (κ2) is 11.2. The molecule has 0 aromatic carbocycles. The number of nitrogens with two attached hydrogens (primary N) is 1. The molecule has 98 valence electrons. The Morgan fingerprint density at radius 2 is 2.06 bits per heavy atom. The molecule has 5 heteroatoms. The molecule has 1 amide bonds. The summed E-state index contributed by atoms with van der Waals surface area (Å²) in [5.74, 6) is 0.443. The van der Waals surface area contributed by atoms with Crippen LogP contribution in [0.4, 0.5) is 0 Å². The maximum absolute atomic E-state index is 11.3. The number of hydrogen-bond acceptors (Lipinski definition) is 3. The van der Waals surface area contributed by atoms with Gasteiger partial charge in [0.25, 0.3) is 0 Å². The monoisotopic (exact) mass is 252 g/mol. The molecule has 0 saturated heterocycles. The largest absolute Gasteiger partial charge is 0.396 e. The van der Waals surface area contributed by atoms with E-state index in [1.807, 2.05) is 6.92 Å². The molecule has 0 aromatic rings. The Kier molecular flexibility index (Phi) is 12.6. The van der Waals surface area contributed by atoms with Gasteiger partial charge in [0.2, 0.25) is 5.91 Å². The quantitative estimate of drug-likeness (QED) is 0.605. The Morgan fingerprint density at radius 1 is 1.44 bits per heavy atom. The number of rotatable bonds is 8. The molecule has 0 aromatic heterocycles. The van der Waals surface area contributed by atoms with Crippen molar-refractivity contribution in [2.45, 2.75) is 45.6 Å². The van der Waals surface area contributed by atoms with E-state index < -0.39 is 0 Å². The molecular formula is C11H25ClN2O2. The minimum Gasteiger partial charge on any atom is -0.396 e. The van der Waals surface area contributed by atoms with Crippen molar-refractivity contribution in [2.75, 3.05) is 13.2 Å². The fourth-order valence-electron chi connectivity index (χ4n) is 1.34. The van der Waals surface area contributed by atoms with Crippen molar-refractivity contribution in [2.24, 2.45) is 11.7 Å². The van der Waals surface area contributed by atoms with Crippen LogP contribution in [-0.4, -0.2) is 30.2 Å². The van der Waals surface area contributed by atoms with Crippen LogP contribution >= 0.6 is 12.4 Å². The summed E-state index contributed by atoms with van der Waals surface area (Å²) in [5, 5.41) is 11.6. The highest BCUT2D eigenvalue weighted by Crippen LogP contribution is 2.05. The van der Waals surface area contributed by atoms with Crippen molar-refractivity contribution in [3.8, 4) is 0 Å². The van der Waals surface area contributed by atoms with E-state index in [2.05, 4.69) is 12.2 Å². The number of hydrogen-bond donors (Lipinski definition) is 3. The number of nitrogens with one attached hydrogen (secondary N) is 1. The summed E-state index contributed by atoms with van der Waals surface area (Å²) in [7, 11) is 0. The van der Waals surface area contributed by atoms with Crippen LogP contribution in [0.25, 0.3) is 0 Å². The second-order valence-corrected chi connectivity index (χ2v) is 4.11. The van der Waals surface area contributed by atoms with E-state index in [1.54, 1.807) is 0 Å². The van der Waals surface area contributed by atoms with Gasteiger partial charge in [0.05, 0.1) is 0 Å². The van der Waals surface area contributed by atoms with Crippen molar-refractivity contribution >= 4 is 18.3 Å². The molecule has 0 rings (SSSR count). The molecule has 16 heavy (non-hydrogen) atoms. The highest BCUT2D eigenvalue weighted by molar-refractivity contribution is 5.85. The fourth-order valence-corrected chi connectivity index (χ4v) is 1.34. The minimum atomic E-state index is 0. The standard InChI is InChI=1S/C11H24N2O2.ClH/c1-3-10(6-7-14)8-13-11(15)5-4-9(2)12;/h9-10,14H,3-8,12H2,1-2H3,(H,13,15);1H. The summed E-state index contributed by atoms with van der Waals surface area (Å²) in [6.45, 7) is 4.81. The molecule has 0 fully saturated rings. The zero-order chi connectivity index (χ0) is 11.7. The van der Waals surface area contributed by atoms with Gasteiger partial charge in [0, 0.05) is 25.6 Å². The molecule has 0 heterocycles. The highest BCUT2D eigenvalue weighted by atomic mass is 35.5. The number of aliphatic hydroxyl groups is 1. The minimum absolute atomic E-state index is 0. The average Bonchev–Trinajstić information content (AvgIpc) is 2.21. The topological polar surface area (TPSA) is 75.3 Å². The second-order valence-electron chi connectivity index (χ2n) is 4.11. The molecule has 2 atom stereocenters. The first-order chi connectivity index (χ1) is 7.10. The van der Waals surface area contributed by atoms with Crippen LogP contribution in [0.15, 0.2) is 0 Å². The van der Waals surface area contributed by atoms with Gasteiger partial charge in [-0.25, -0.2) is 0 Å². The summed E-state index contributed by atoms with van der Waals surface area (Å²) >= 11 is 0. The predicted molar refractivity (Wildman–Crippen MR) is 68.6 cm³/mol. The van der Waals surface area contributed by atoms with E-state index in [1.165, 1.54) is 0 Å². The van der Waals surface area contributed by atoms with Crippen molar-refractivity contribution in [3.05, 3.63) is 0 Å². The number of amides is 1. The smallest absolute Gasteiger partial charge is 0.220 e. The van der Waals surface area contributed by atoms with Crippen LogP contribution in [0.3, 0.4) is 0 Å². The average molecular weight is 253 g/mol. The molecule has 4 nitrogen and oxygen atoms in total. The van der Waals surface area contributed by atoms with Gasteiger partial charge in [0.1, 0.15) is 0 Å². The molecule has 0 spiro atoms. The number of aliphatic hydroxyl groups excluding tert-OH is 1. The van der Waals surface area contributed by atoms with Crippen LogP contribution in [-0.2, 0) is 4.79 Å². The zero-order valence-corrected chi connectivity index (χ0v) is 11.1. The van der Waals surface area contributed by atoms with Crippen molar-refractivity contribution in [1.29, 1.82) is 0 Å². The molecule has 0 saturated carbocycles. The fraction of sp³-hybridized carbons (Fsp3) is 0.909. The first kappa shape index (κ1) is 18.1. The van der Waals surface area contributed by atoms with Crippen LogP contribution in [0.2, 0.25) is 0 Å². The number of halogens is 1. The Morgan fingerprint density at radius 3 is 2.50 bits per heavy atom. The van der Waals surface area contributed by atoms with E-state index in [9.17, 15) is 4.79 Å². The molecule has 4 N–H and O–H groups in total. The van der Waals surface area contributed by atoms with E-state index >= 15 is 0 Å². The van der Waals surface area contributed by atoms with Gasteiger partial charge in [0.15, 0.2) is 0 Å². The first-order valence-corrected chi connectivity index (χ1v) is 5.73. The van der Waals surface area contributed by atoms with Gasteiger partial charge in [-0.3, -0.25) is 4.79 Å². The van der Waals surface area contributed by atoms with Crippen LogP contribution in [0.5, 0.6) is 0 Å². The van der Waals surface area contributed by atoms with Gasteiger partial charge in [-0.05, 0) is 25.7 Å². The molecular weight excluding hydrogens is 228 g/mol. The van der Waals surface area contributed by atoms with Gasteiger partial charge in [-0.1, -0.05) is 13.3 Å². The van der Waals surface area contributed by atoms with Gasteiger partial charge >= 0.3 is 0 Å². The molecule has 0 aliphatic rings. The molecule has 2 unspecified atom stereocenters. The summed E-state index contributed by atoms with van der Waals surface area (Å²) in [6, 6.07) is 0.0789. The van der Waals surface area contributed by atoms with E-state index in [4.69, 9.17) is 10.8 Å². The predicted octanol–water partition coefficient (Wildman–Crippen LogP) is 1.06. The SMILES string of the molecule is CCC(CCO)CNC(=O)CCC(C)N.Cl. The lowest BCUT2D eigenvalue weighted by Gasteiger charge is -2.14. The highest BCUT2D eigenvalue weighted by Gasteiger charge is 2.08. The first-order valence-electron chi connectivity index (χ1n) is 5.73. The molecule has 0 radical (unpaired) electrons. The Labute approximate surface area is 104 Å². The van der Waals surface area contributed by atoms with Crippen LogP contribution in [0, 0.1) is 5.92 Å². The molecule has 0 aliphatic carbocycles. The third kappa shape index (κ3) is 10.2. The Bertz CT molecular complexity index is 177. The lowest BCUT2D eigenvalue weighted by atomic mass is 10.0. The third-order valence-corrected chi connectivity index (χ3v) is 2.53. The van der Waals surface area contributed by atoms with Gasteiger partial charge in [-0.15, -0.1) is 12.4 Å². The summed E-state index contributed by atoms with van der Waals surface area (Å²) < 4.78 is 0. The van der Waals surface area contributed by atoms with Crippen LogP contribution < -0.4 is 11.1 Å². The van der Waals surface area contributed by atoms with E-state index in [-0.39, 0.29) is 31.0 Å². The number of carbonyl (C=O) groups is 1. The van der Waals surface area contributed by atoms with Crippen molar-refractivity contribution in [3.63, 3.8) is 0 Å². The lowest BCUT2D eigenvalue weighted by molar-refractivity contribution is -0.121. The van der Waals surface area contributed by atoms with Gasteiger partial charge in [-0.2, -0.15) is 0 Å². The van der Waals surface area contributed by atoms with E-state index in [0.717, 1.165) is 19.3 Å². The summed E-state index contributed by atoms with van der Waals surface area (Å²) in [5.41, 5.74) is 5.56. The summed E-state index contributed by atoms with van der Waals surface area (Å²) in [4.78, 5) is 11.3. The Hall–Kier alpha value is -0.320.